The first-order chi connectivity index (χ1) is 14.6. The molecular formula is C20H12N6O3S. The quantitative estimate of drug-likeness (QED) is 0.329. The van der Waals surface area contributed by atoms with Crippen molar-refractivity contribution < 1.29 is 4.92 Å². The van der Waals surface area contributed by atoms with Crippen molar-refractivity contribution in [3.8, 4) is 16.9 Å². The second-order valence-corrected chi connectivity index (χ2v) is 7.40. The van der Waals surface area contributed by atoms with E-state index in [4.69, 9.17) is 0 Å². The van der Waals surface area contributed by atoms with E-state index in [1.54, 1.807) is 22.9 Å². The van der Waals surface area contributed by atoms with Crippen molar-refractivity contribution in [3.05, 3.63) is 97.7 Å². The fraction of sp³-hybridized carbons (Fsp3) is 0. The van der Waals surface area contributed by atoms with Gasteiger partial charge in [0.2, 0.25) is 4.96 Å². The number of non-ortho nitro benzene ring substituents is 1. The zero-order valence-electron chi connectivity index (χ0n) is 15.2. The maximum absolute atomic E-state index is 12.6. The van der Waals surface area contributed by atoms with E-state index < -0.39 is 4.92 Å². The smallest absolute Gasteiger partial charge is 0.266 e. The molecule has 5 aromatic rings. The maximum atomic E-state index is 12.6. The van der Waals surface area contributed by atoms with Gasteiger partial charge in [-0.05, 0) is 30.3 Å². The Morgan fingerprint density at radius 3 is 2.53 bits per heavy atom. The lowest BCUT2D eigenvalue weighted by atomic mass is 10.1. The van der Waals surface area contributed by atoms with Crippen molar-refractivity contribution in [2.45, 2.75) is 0 Å². The summed E-state index contributed by atoms with van der Waals surface area (Å²) in [4.78, 5) is 27.7. The molecule has 0 atom stereocenters. The van der Waals surface area contributed by atoms with Gasteiger partial charge in [0.1, 0.15) is 12.0 Å². The minimum Gasteiger partial charge on any atom is -0.266 e. The van der Waals surface area contributed by atoms with Gasteiger partial charge in [-0.1, -0.05) is 29.5 Å². The molecule has 10 heteroatoms. The predicted octanol–water partition coefficient (Wildman–Crippen LogP) is 2.46. The van der Waals surface area contributed by atoms with Crippen LogP contribution >= 0.6 is 11.3 Å². The van der Waals surface area contributed by atoms with E-state index in [0.717, 1.165) is 5.69 Å². The van der Waals surface area contributed by atoms with E-state index in [-0.39, 0.29) is 11.2 Å². The SMILES string of the molecule is O=c1c(=Cc2cn(-c3ccccc3)nc2-c2ccc([N+](=O)[O-])cc2)sc2ncnn12. The summed E-state index contributed by atoms with van der Waals surface area (Å²) in [6, 6.07) is 15.7. The molecule has 2 aromatic carbocycles. The normalized spacial score (nSPS) is 11.9. The minimum absolute atomic E-state index is 0.000767. The van der Waals surface area contributed by atoms with Crippen LogP contribution < -0.4 is 10.1 Å². The number of fused-ring (bicyclic) bond motifs is 1. The minimum atomic E-state index is -0.447. The topological polar surface area (TPSA) is 108 Å². The highest BCUT2D eigenvalue weighted by molar-refractivity contribution is 7.15. The second-order valence-electron chi connectivity index (χ2n) is 6.39. The molecule has 5 rings (SSSR count). The molecule has 0 bridgehead atoms. The van der Waals surface area contributed by atoms with Crippen LogP contribution in [0.5, 0.6) is 0 Å². The Labute approximate surface area is 172 Å². The molecule has 0 spiro atoms. The van der Waals surface area contributed by atoms with Gasteiger partial charge in [-0.2, -0.15) is 14.7 Å². The van der Waals surface area contributed by atoms with Gasteiger partial charge < -0.3 is 0 Å². The van der Waals surface area contributed by atoms with E-state index in [1.807, 2.05) is 36.5 Å². The van der Waals surface area contributed by atoms with Gasteiger partial charge in [0, 0.05) is 29.5 Å². The lowest BCUT2D eigenvalue weighted by molar-refractivity contribution is -0.384. The van der Waals surface area contributed by atoms with Crippen LogP contribution in [0.2, 0.25) is 0 Å². The van der Waals surface area contributed by atoms with Crippen LogP contribution in [0.25, 0.3) is 28.0 Å². The van der Waals surface area contributed by atoms with Crippen LogP contribution in [0.1, 0.15) is 5.56 Å². The number of benzene rings is 2. The first-order valence-electron chi connectivity index (χ1n) is 8.84. The Hall–Kier alpha value is -4.18. The number of nitro benzene ring substituents is 1. The molecule has 0 fully saturated rings. The third kappa shape index (κ3) is 3.05. The largest absolute Gasteiger partial charge is 0.291 e. The van der Waals surface area contributed by atoms with Crippen molar-refractivity contribution in [3.63, 3.8) is 0 Å². The number of nitro groups is 1. The molecule has 9 nitrogen and oxygen atoms in total. The molecule has 0 amide bonds. The number of hydrogen-bond acceptors (Lipinski definition) is 7. The molecule has 146 valence electrons. The van der Waals surface area contributed by atoms with E-state index in [0.29, 0.717) is 26.3 Å². The highest BCUT2D eigenvalue weighted by Crippen LogP contribution is 2.26. The molecule has 0 saturated heterocycles. The third-order valence-corrected chi connectivity index (χ3v) is 5.50. The fourth-order valence-electron chi connectivity index (χ4n) is 3.09. The highest BCUT2D eigenvalue weighted by Gasteiger charge is 2.14. The summed E-state index contributed by atoms with van der Waals surface area (Å²) in [7, 11) is 0. The summed E-state index contributed by atoms with van der Waals surface area (Å²) >= 11 is 1.24. The predicted molar refractivity (Wildman–Crippen MR) is 112 cm³/mol. The maximum Gasteiger partial charge on any atom is 0.291 e. The van der Waals surface area contributed by atoms with Gasteiger partial charge in [0.05, 0.1) is 15.1 Å². The Balaban J connectivity index is 1.70. The van der Waals surface area contributed by atoms with Crippen molar-refractivity contribution in [2.24, 2.45) is 0 Å². The van der Waals surface area contributed by atoms with Crippen LogP contribution in [-0.4, -0.2) is 29.3 Å². The summed E-state index contributed by atoms with van der Waals surface area (Å²) in [5, 5.41) is 19.6. The van der Waals surface area contributed by atoms with Crippen LogP contribution in [0.3, 0.4) is 0 Å². The number of para-hydroxylation sites is 1. The molecule has 30 heavy (non-hydrogen) atoms. The molecule has 0 aliphatic heterocycles. The number of aromatic nitrogens is 5. The molecule has 0 aliphatic carbocycles. The summed E-state index contributed by atoms with van der Waals surface area (Å²) in [5.41, 5.74) is 2.61. The zero-order chi connectivity index (χ0) is 20.7. The van der Waals surface area contributed by atoms with Crippen LogP contribution in [0.4, 0.5) is 5.69 Å². The zero-order valence-corrected chi connectivity index (χ0v) is 16.1. The number of nitrogens with zero attached hydrogens (tertiary/aromatic N) is 6. The van der Waals surface area contributed by atoms with Crippen LogP contribution in [0, 0.1) is 10.1 Å². The van der Waals surface area contributed by atoms with Gasteiger partial charge in [0.25, 0.3) is 11.2 Å². The van der Waals surface area contributed by atoms with Gasteiger partial charge in [-0.15, -0.1) is 0 Å². The summed E-state index contributed by atoms with van der Waals surface area (Å²) in [5.74, 6) is 0. The average molecular weight is 416 g/mol. The van der Waals surface area contributed by atoms with E-state index in [9.17, 15) is 14.9 Å². The molecule has 0 unspecified atom stereocenters. The molecule has 0 saturated carbocycles. The summed E-state index contributed by atoms with van der Waals surface area (Å²) in [6.07, 6.45) is 4.90. The Morgan fingerprint density at radius 2 is 1.83 bits per heavy atom. The Kier molecular flexibility index (Phi) is 4.18. The first kappa shape index (κ1) is 17.9. The van der Waals surface area contributed by atoms with Crippen LogP contribution in [0.15, 0.2) is 71.9 Å². The van der Waals surface area contributed by atoms with Gasteiger partial charge in [0.15, 0.2) is 0 Å². The molecule has 0 N–H and O–H groups in total. The van der Waals surface area contributed by atoms with Gasteiger partial charge >= 0.3 is 0 Å². The highest BCUT2D eigenvalue weighted by atomic mass is 32.1. The van der Waals surface area contributed by atoms with E-state index >= 15 is 0 Å². The molecule has 0 radical (unpaired) electrons. The second kappa shape index (κ2) is 7.01. The lowest BCUT2D eigenvalue weighted by Gasteiger charge is -2.00. The Bertz CT molecular complexity index is 1490. The van der Waals surface area contributed by atoms with Crippen molar-refractivity contribution in [1.29, 1.82) is 0 Å². The van der Waals surface area contributed by atoms with Gasteiger partial charge in [-0.3, -0.25) is 14.9 Å². The number of rotatable bonds is 4. The van der Waals surface area contributed by atoms with E-state index in [1.165, 1.54) is 34.3 Å². The summed E-state index contributed by atoms with van der Waals surface area (Å²) < 4.78 is 3.44. The lowest BCUT2D eigenvalue weighted by Crippen LogP contribution is -2.23. The Morgan fingerprint density at radius 1 is 1.07 bits per heavy atom. The van der Waals surface area contributed by atoms with Crippen molar-refractivity contribution in [1.82, 2.24) is 24.4 Å². The standard InChI is InChI=1S/C20H12N6O3S/c27-19-17(30-20-21-12-22-25(19)20)10-14-11-24(15-4-2-1-3-5-15)23-18(14)13-6-8-16(9-7-13)26(28)29/h1-12H. The van der Waals surface area contributed by atoms with Crippen molar-refractivity contribution in [2.75, 3.05) is 0 Å². The third-order valence-electron chi connectivity index (χ3n) is 4.52. The number of thiazole rings is 1. The van der Waals surface area contributed by atoms with E-state index in [2.05, 4.69) is 15.2 Å². The molecular weight excluding hydrogens is 404 g/mol. The molecule has 3 aromatic heterocycles. The molecule has 0 aliphatic rings. The summed E-state index contributed by atoms with van der Waals surface area (Å²) in [6.45, 7) is 0. The average Bonchev–Trinajstić information content (AvgIpc) is 3.47. The monoisotopic (exact) mass is 416 g/mol. The van der Waals surface area contributed by atoms with Crippen molar-refractivity contribution >= 4 is 28.1 Å². The fourth-order valence-corrected chi connectivity index (χ4v) is 3.96. The van der Waals surface area contributed by atoms with Gasteiger partial charge in [-0.25, -0.2) is 9.67 Å². The first-order valence-corrected chi connectivity index (χ1v) is 9.66. The number of hydrogen-bond donors (Lipinski definition) is 0. The van der Waals surface area contributed by atoms with Crippen LogP contribution in [-0.2, 0) is 0 Å². The molecule has 3 heterocycles.